The molecule has 0 atom stereocenters. The van der Waals surface area contributed by atoms with Crippen molar-refractivity contribution in [3.8, 4) is 44.5 Å². The zero-order chi connectivity index (χ0) is 37.1. The van der Waals surface area contributed by atoms with E-state index in [1.807, 2.05) is 0 Å². The van der Waals surface area contributed by atoms with Crippen LogP contribution >= 0.6 is 0 Å². The summed E-state index contributed by atoms with van der Waals surface area (Å²) in [4.78, 5) is 0. The van der Waals surface area contributed by atoms with Crippen molar-refractivity contribution in [1.82, 2.24) is 0 Å². The van der Waals surface area contributed by atoms with Crippen LogP contribution in [0.4, 0.5) is 0 Å². The van der Waals surface area contributed by atoms with Gasteiger partial charge in [-0.2, -0.15) is 0 Å². The molecule has 0 amide bonds. The maximum absolute atomic E-state index is 6.60. The van der Waals surface area contributed by atoms with Gasteiger partial charge in [0.25, 0.3) is 0 Å². The Morgan fingerprint density at radius 1 is 0.357 bits per heavy atom. The first-order valence-electron chi connectivity index (χ1n) is 19.6. The second-order valence-corrected chi connectivity index (χ2v) is 16.0. The normalized spacial score (nSPS) is 13.3. The number of rotatable bonds is 3. The molecule has 1 heterocycles. The molecule has 0 saturated heterocycles. The zero-order valence-electron chi connectivity index (χ0n) is 31.2. The van der Waals surface area contributed by atoms with Crippen molar-refractivity contribution in [1.29, 1.82) is 0 Å². The van der Waals surface area contributed by atoms with Crippen LogP contribution in [0.5, 0.6) is 0 Å². The standard InChI is InChI=1S/C55H36O/c1-55(2)47-27-29-49-53(52(47)45-26-24-34-13-5-6-17-40(34)54(45)55)46-32-37(25-28-48(46)56-49)36-15-11-16-38(31-36)50-41-18-7-9-20-43(41)51(44-21-10-8-19-42(44)50)39-23-22-33-12-3-4-14-35(33)30-39/h3-32H,1-2H3. The van der Waals surface area contributed by atoms with Crippen molar-refractivity contribution in [2.75, 3.05) is 0 Å². The predicted octanol–water partition coefficient (Wildman–Crippen LogP) is 15.5. The van der Waals surface area contributed by atoms with Crippen LogP contribution in [-0.4, -0.2) is 0 Å². The van der Waals surface area contributed by atoms with E-state index in [0.717, 1.165) is 16.6 Å². The van der Waals surface area contributed by atoms with Gasteiger partial charge in [-0.15, -0.1) is 0 Å². The van der Waals surface area contributed by atoms with E-state index in [4.69, 9.17) is 4.42 Å². The summed E-state index contributed by atoms with van der Waals surface area (Å²) < 4.78 is 6.60. The van der Waals surface area contributed by atoms with Crippen molar-refractivity contribution >= 4 is 65.0 Å². The minimum Gasteiger partial charge on any atom is -0.456 e. The van der Waals surface area contributed by atoms with E-state index in [-0.39, 0.29) is 5.41 Å². The summed E-state index contributed by atoms with van der Waals surface area (Å²) in [6.45, 7) is 4.74. The second-order valence-electron chi connectivity index (χ2n) is 16.0. The molecule has 0 fully saturated rings. The van der Waals surface area contributed by atoms with Gasteiger partial charge >= 0.3 is 0 Å². The van der Waals surface area contributed by atoms with Crippen LogP contribution in [-0.2, 0) is 5.41 Å². The van der Waals surface area contributed by atoms with Gasteiger partial charge in [-0.3, -0.25) is 0 Å². The lowest BCUT2D eigenvalue weighted by Gasteiger charge is -2.23. The Morgan fingerprint density at radius 2 is 0.911 bits per heavy atom. The zero-order valence-corrected chi connectivity index (χ0v) is 31.2. The molecule has 1 nitrogen and oxygen atoms in total. The maximum Gasteiger partial charge on any atom is 0.136 e. The second kappa shape index (κ2) is 11.5. The van der Waals surface area contributed by atoms with E-state index in [9.17, 15) is 0 Å². The van der Waals surface area contributed by atoms with Crippen LogP contribution in [0.3, 0.4) is 0 Å². The summed E-state index contributed by atoms with van der Waals surface area (Å²) in [6.07, 6.45) is 0. The van der Waals surface area contributed by atoms with Gasteiger partial charge in [0.2, 0.25) is 0 Å². The van der Waals surface area contributed by atoms with Gasteiger partial charge in [0.15, 0.2) is 0 Å². The molecule has 1 aromatic heterocycles. The fraction of sp³-hybridized carbons (Fsp3) is 0.0545. The van der Waals surface area contributed by atoms with Crippen molar-refractivity contribution < 1.29 is 4.42 Å². The van der Waals surface area contributed by atoms with E-state index in [1.165, 1.54) is 104 Å². The highest BCUT2D eigenvalue weighted by Gasteiger charge is 2.38. The van der Waals surface area contributed by atoms with Gasteiger partial charge in [-0.1, -0.05) is 166 Å². The molecule has 0 N–H and O–H groups in total. The van der Waals surface area contributed by atoms with E-state index in [1.54, 1.807) is 0 Å². The molecule has 0 bridgehead atoms. The summed E-state index contributed by atoms with van der Waals surface area (Å²) in [5.41, 5.74) is 14.5. The lowest BCUT2D eigenvalue weighted by Crippen LogP contribution is -2.15. The highest BCUT2D eigenvalue weighted by Crippen LogP contribution is 2.55. The maximum atomic E-state index is 6.60. The molecule has 11 aromatic rings. The molecular weight excluding hydrogens is 677 g/mol. The SMILES string of the molecule is CC1(C)c2ccc3oc4ccc(-c5cccc(-c6c7ccccc7c(-c7ccc8ccccc8c7)c7ccccc67)c5)cc4c3c2-c2ccc3ccccc3c21. The summed E-state index contributed by atoms with van der Waals surface area (Å²) in [5.74, 6) is 0. The van der Waals surface area contributed by atoms with Gasteiger partial charge in [-0.05, 0) is 129 Å². The molecule has 12 rings (SSSR count). The predicted molar refractivity (Wildman–Crippen MR) is 238 cm³/mol. The van der Waals surface area contributed by atoms with Crippen LogP contribution in [0.1, 0.15) is 25.0 Å². The van der Waals surface area contributed by atoms with E-state index in [2.05, 4.69) is 196 Å². The topological polar surface area (TPSA) is 13.1 Å². The smallest absolute Gasteiger partial charge is 0.136 e. The van der Waals surface area contributed by atoms with Gasteiger partial charge in [0.1, 0.15) is 11.2 Å². The quantitative estimate of drug-likeness (QED) is 0.166. The molecule has 262 valence electrons. The first kappa shape index (κ1) is 31.4. The average Bonchev–Trinajstić information content (AvgIpc) is 3.73. The fourth-order valence-corrected chi connectivity index (χ4v) is 10.1. The summed E-state index contributed by atoms with van der Waals surface area (Å²) in [7, 11) is 0. The third-order valence-electron chi connectivity index (χ3n) is 12.6. The van der Waals surface area contributed by atoms with E-state index >= 15 is 0 Å². The largest absolute Gasteiger partial charge is 0.456 e. The molecular formula is C55H36O. The van der Waals surface area contributed by atoms with Gasteiger partial charge < -0.3 is 4.42 Å². The van der Waals surface area contributed by atoms with Gasteiger partial charge in [0.05, 0.1) is 0 Å². The molecule has 1 aliphatic rings. The number of hydrogen-bond donors (Lipinski definition) is 0. The van der Waals surface area contributed by atoms with E-state index in [0.29, 0.717) is 0 Å². The molecule has 0 radical (unpaired) electrons. The Balaban J connectivity index is 1.06. The van der Waals surface area contributed by atoms with Crippen molar-refractivity contribution in [2.24, 2.45) is 0 Å². The number of benzene rings is 10. The third-order valence-corrected chi connectivity index (χ3v) is 12.6. The minimum absolute atomic E-state index is 0.134. The van der Waals surface area contributed by atoms with Crippen molar-refractivity contribution in [3.05, 3.63) is 193 Å². The first-order chi connectivity index (χ1) is 27.5. The lowest BCUT2D eigenvalue weighted by molar-refractivity contribution is 0.660. The van der Waals surface area contributed by atoms with Crippen LogP contribution in [0.15, 0.2) is 186 Å². The van der Waals surface area contributed by atoms with Crippen LogP contribution < -0.4 is 0 Å². The lowest BCUT2D eigenvalue weighted by atomic mass is 9.80. The Labute approximate surface area is 325 Å². The molecule has 56 heavy (non-hydrogen) atoms. The molecule has 1 aliphatic carbocycles. The Morgan fingerprint density at radius 3 is 1.64 bits per heavy atom. The average molecular weight is 713 g/mol. The van der Waals surface area contributed by atoms with Crippen molar-refractivity contribution in [2.45, 2.75) is 19.3 Å². The van der Waals surface area contributed by atoms with E-state index < -0.39 is 0 Å². The Hall–Kier alpha value is -6.96. The summed E-state index contributed by atoms with van der Waals surface area (Å²) in [6, 6.07) is 67.1. The Bertz CT molecular complexity index is 3390. The minimum atomic E-state index is -0.134. The molecule has 0 unspecified atom stereocenters. The Kier molecular flexibility index (Phi) is 6.46. The molecule has 0 spiro atoms. The molecule has 1 heteroatoms. The molecule has 10 aromatic carbocycles. The number of furan rings is 1. The van der Waals surface area contributed by atoms with Crippen LogP contribution in [0.2, 0.25) is 0 Å². The molecule has 0 saturated carbocycles. The number of hydrogen-bond acceptors (Lipinski definition) is 1. The number of fused-ring (bicyclic) bond motifs is 12. The van der Waals surface area contributed by atoms with Gasteiger partial charge in [-0.25, -0.2) is 0 Å². The summed E-state index contributed by atoms with van der Waals surface area (Å²) >= 11 is 0. The van der Waals surface area contributed by atoms with Crippen molar-refractivity contribution in [3.63, 3.8) is 0 Å². The highest BCUT2D eigenvalue weighted by molar-refractivity contribution is 6.22. The summed E-state index contributed by atoms with van der Waals surface area (Å²) in [5, 5.41) is 12.5. The van der Waals surface area contributed by atoms with Crippen LogP contribution in [0.25, 0.3) is 110 Å². The fourth-order valence-electron chi connectivity index (χ4n) is 10.1. The highest BCUT2D eigenvalue weighted by atomic mass is 16.3. The first-order valence-corrected chi connectivity index (χ1v) is 19.6. The third kappa shape index (κ3) is 4.37. The van der Waals surface area contributed by atoms with Crippen LogP contribution in [0, 0.1) is 0 Å². The molecule has 0 aliphatic heterocycles. The van der Waals surface area contributed by atoms with Gasteiger partial charge in [0, 0.05) is 16.2 Å². The monoisotopic (exact) mass is 712 g/mol.